The largest absolute Gasteiger partial charge is 0.472 e. The number of aliphatic hydroxyl groups excluding tert-OH is 1. The lowest BCUT2D eigenvalue weighted by Gasteiger charge is -2.25. The van der Waals surface area contributed by atoms with Crippen molar-refractivity contribution in [1.82, 2.24) is 5.32 Å². The third-order valence-electron chi connectivity index (χ3n) is 8.39. The summed E-state index contributed by atoms with van der Waals surface area (Å²) < 4.78 is 23.4. The molecule has 0 spiro atoms. The first-order valence-electron chi connectivity index (χ1n) is 19.4. The number of phosphoric ester groups is 1. The Labute approximate surface area is 296 Å². The molecule has 0 aliphatic rings. The second kappa shape index (κ2) is 31.7. The van der Waals surface area contributed by atoms with Crippen molar-refractivity contribution in [2.24, 2.45) is 0 Å². The Balaban J connectivity index is 4.47. The van der Waals surface area contributed by atoms with Crippen LogP contribution in [0.2, 0.25) is 0 Å². The molecule has 0 radical (unpaired) electrons. The average Bonchev–Trinajstić information content (AvgIpc) is 3.02. The fraction of sp³-hybridized carbons (Fsp3) is 0.821. The van der Waals surface area contributed by atoms with E-state index in [1.807, 2.05) is 27.2 Å². The number of rotatable bonds is 34. The number of hydrogen-bond donors (Lipinski definition) is 3. The number of carbonyl (C=O) groups is 1. The van der Waals surface area contributed by atoms with Crippen LogP contribution in [0.15, 0.2) is 36.5 Å². The van der Waals surface area contributed by atoms with Crippen LogP contribution in [0, 0.1) is 0 Å². The smallest absolute Gasteiger partial charge is 0.387 e. The van der Waals surface area contributed by atoms with Crippen molar-refractivity contribution in [1.29, 1.82) is 0 Å². The highest BCUT2D eigenvalue weighted by atomic mass is 31.2. The molecule has 9 heteroatoms. The van der Waals surface area contributed by atoms with E-state index in [0.717, 1.165) is 32.1 Å². The first kappa shape index (κ1) is 46.7. The fourth-order valence-corrected chi connectivity index (χ4v) is 5.94. The van der Waals surface area contributed by atoms with Crippen molar-refractivity contribution in [3.63, 3.8) is 0 Å². The number of amides is 1. The third-order valence-corrected chi connectivity index (χ3v) is 9.37. The number of nitrogens with one attached hydrogen (secondary N) is 1. The molecule has 8 nitrogen and oxygen atoms in total. The highest BCUT2D eigenvalue weighted by Crippen LogP contribution is 2.43. The summed E-state index contributed by atoms with van der Waals surface area (Å²) in [4.78, 5) is 22.9. The molecular weight excluding hydrogens is 623 g/mol. The maximum Gasteiger partial charge on any atom is 0.472 e. The fourth-order valence-electron chi connectivity index (χ4n) is 5.21. The molecule has 0 aromatic heterocycles. The van der Waals surface area contributed by atoms with Crippen LogP contribution in [0.3, 0.4) is 0 Å². The van der Waals surface area contributed by atoms with Crippen molar-refractivity contribution in [2.45, 2.75) is 167 Å². The normalized spacial score (nSPS) is 15.1. The van der Waals surface area contributed by atoms with Gasteiger partial charge < -0.3 is 19.8 Å². The summed E-state index contributed by atoms with van der Waals surface area (Å²) in [5, 5.41) is 13.6. The predicted molar refractivity (Wildman–Crippen MR) is 203 cm³/mol. The van der Waals surface area contributed by atoms with Crippen LogP contribution in [0.25, 0.3) is 0 Å². The topological polar surface area (TPSA) is 105 Å². The highest BCUT2D eigenvalue weighted by molar-refractivity contribution is 7.47. The molecule has 0 aliphatic heterocycles. The van der Waals surface area contributed by atoms with Crippen LogP contribution in [0.4, 0.5) is 0 Å². The number of nitrogens with zero attached hydrogens (tertiary/aromatic N) is 1. The minimum absolute atomic E-state index is 0.0519. The Bertz CT molecular complexity index is 886. The quantitative estimate of drug-likeness (QED) is 0.0203. The molecule has 3 atom stereocenters. The van der Waals surface area contributed by atoms with E-state index in [4.69, 9.17) is 9.05 Å². The summed E-state index contributed by atoms with van der Waals surface area (Å²) in [5.74, 6) is -0.204. The summed E-state index contributed by atoms with van der Waals surface area (Å²) in [6, 6.07) is -0.876. The van der Waals surface area contributed by atoms with Gasteiger partial charge in [-0.3, -0.25) is 13.8 Å². The zero-order valence-corrected chi connectivity index (χ0v) is 32.6. The van der Waals surface area contributed by atoms with Crippen LogP contribution in [-0.2, 0) is 18.4 Å². The van der Waals surface area contributed by atoms with E-state index in [-0.39, 0.29) is 19.1 Å². The molecule has 0 fully saturated rings. The molecule has 1 unspecified atom stereocenters. The SMILES string of the molecule is CCCCCCC/C=C/C=C/[C@@H](O)[C@H](COP(=O)(O)OCC[N+](C)(C)C)NC(=O)CCCCCCCCC/C=C/CCCCCCCC. The van der Waals surface area contributed by atoms with Crippen molar-refractivity contribution < 1.29 is 32.9 Å². The molecule has 0 aliphatic carbocycles. The van der Waals surface area contributed by atoms with Crippen LogP contribution in [0.5, 0.6) is 0 Å². The summed E-state index contributed by atoms with van der Waals surface area (Å²) in [7, 11) is 1.54. The van der Waals surface area contributed by atoms with Gasteiger partial charge in [-0.15, -0.1) is 0 Å². The maximum atomic E-state index is 12.8. The Morgan fingerprint density at radius 2 is 1.19 bits per heavy atom. The van der Waals surface area contributed by atoms with Gasteiger partial charge in [-0.2, -0.15) is 0 Å². The average molecular weight is 700 g/mol. The number of unbranched alkanes of at least 4 members (excludes halogenated alkanes) is 18. The Morgan fingerprint density at radius 3 is 1.71 bits per heavy atom. The Kier molecular flexibility index (Phi) is 30.8. The third kappa shape index (κ3) is 33.2. The number of likely N-dealkylation sites (N-methyl/N-ethyl adjacent to an activating group) is 1. The molecule has 0 saturated heterocycles. The zero-order chi connectivity index (χ0) is 35.8. The standard InChI is InChI=1S/C39H75N2O6P/c1-6-8-10-12-14-16-17-18-19-20-21-22-23-25-27-29-31-33-39(43)40-37(36-47-48(44,45)46-35-34-41(3,4)5)38(42)32-30-28-26-24-15-13-11-9-7-2/h18-19,26,28,30,32,37-38,42H,6-17,20-25,27,29,31,33-36H2,1-5H3,(H-,40,43,44,45)/p+1/b19-18+,28-26+,32-30+/t37-,38+/m0/s1. The van der Waals surface area contributed by atoms with Crippen LogP contribution >= 0.6 is 7.82 Å². The molecule has 0 rings (SSSR count). The maximum absolute atomic E-state index is 12.8. The Morgan fingerprint density at radius 1 is 0.708 bits per heavy atom. The molecular formula is C39H76N2O6P+. The lowest BCUT2D eigenvalue weighted by atomic mass is 10.1. The van der Waals surface area contributed by atoms with E-state index in [0.29, 0.717) is 17.4 Å². The number of aliphatic hydroxyl groups is 1. The summed E-state index contributed by atoms with van der Waals surface area (Å²) in [6.45, 7) is 4.70. The van der Waals surface area contributed by atoms with E-state index in [9.17, 15) is 19.4 Å². The number of carbonyl (C=O) groups excluding carboxylic acids is 1. The molecule has 0 saturated carbocycles. The van der Waals surface area contributed by atoms with Gasteiger partial charge in [0.2, 0.25) is 5.91 Å². The van der Waals surface area contributed by atoms with Crippen molar-refractivity contribution in [3.8, 4) is 0 Å². The molecule has 1 amide bonds. The monoisotopic (exact) mass is 700 g/mol. The minimum Gasteiger partial charge on any atom is -0.387 e. The van der Waals surface area contributed by atoms with E-state index in [2.05, 4.69) is 37.4 Å². The van der Waals surface area contributed by atoms with Gasteiger partial charge in [-0.05, 0) is 44.9 Å². The van der Waals surface area contributed by atoms with Gasteiger partial charge in [-0.1, -0.05) is 140 Å². The van der Waals surface area contributed by atoms with Crippen LogP contribution < -0.4 is 5.32 Å². The first-order chi connectivity index (χ1) is 23.0. The second-order valence-corrected chi connectivity index (χ2v) is 15.8. The molecule has 0 heterocycles. The van der Waals surface area contributed by atoms with E-state index >= 15 is 0 Å². The van der Waals surface area contributed by atoms with Gasteiger partial charge >= 0.3 is 7.82 Å². The van der Waals surface area contributed by atoms with Crippen LogP contribution in [0.1, 0.15) is 155 Å². The van der Waals surface area contributed by atoms with Gasteiger partial charge in [0.1, 0.15) is 13.2 Å². The number of phosphoric acid groups is 1. The van der Waals surface area contributed by atoms with E-state index in [1.165, 1.54) is 103 Å². The molecule has 0 aromatic carbocycles. The van der Waals surface area contributed by atoms with E-state index < -0.39 is 20.0 Å². The predicted octanol–water partition coefficient (Wildman–Crippen LogP) is 9.96. The molecule has 48 heavy (non-hydrogen) atoms. The first-order valence-corrected chi connectivity index (χ1v) is 20.9. The summed E-state index contributed by atoms with van der Waals surface area (Å²) in [6.07, 6.45) is 36.5. The molecule has 282 valence electrons. The minimum atomic E-state index is -4.34. The van der Waals surface area contributed by atoms with Crippen molar-refractivity contribution >= 4 is 13.7 Å². The molecule has 0 bridgehead atoms. The highest BCUT2D eigenvalue weighted by Gasteiger charge is 2.27. The molecule has 0 aromatic rings. The lowest BCUT2D eigenvalue weighted by molar-refractivity contribution is -0.870. The van der Waals surface area contributed by atoms with Gasteiger partial charge in [0.05, 0.1) is 39.9 Å². The number of quaternary nitrogens is 1. The Hall–Kier alpha value is -1.28. The van der Waals surface area contributed by atoms with Gasteiger partial charge in [0.15, 0.2) is 0 Å². The van der Waals surface area contributed by atoms with Gasteiger partial charge in [0, 0.05) is 6.42 Å². The number of hydrogen-bond acceptors (Lipinski definition) is 5. The van der Waals surface area contributed by atoms with Gasteiger partial charge in [-0.25, -0.2) is 4.57 Å². The second-order valence-electron chi connectivity index (χ2n) is 14.3. The van der Waals surface area contributed by atoms with E-state index in [1.54, 1.807) is 12.2 Å². The zero-order valence-electron chi connectivity index (χ0n) is 31.7. The van der Waals surface area contributed by atoms with Gasteiger partial charge in [0.25, 0.3) is 0 Å². The van der Waals surface area contributed by atoms with Crippen LogP contribution in [-0.4, -0.2) is 73.4 Å². The molecule has 3 N–H and O–H groups in total. The summed E-state index contributed by atoms with van der Waals surface area (Å²) >= 11 is 0. The summed E-state index contributed by atoms with van der Waals surface area (Å²) in [5.41, 5.74) is 0. The number of allylic oxidation sites excluding steroid dienone is 5. The van der Waals surface area contributed by atoms with Crippen molar-refractivity contribution in [3.05, 3.63) is 36.5 Å². The van der Waals surface area contributed by atoms with Crippen molar-refractivity contribution in [2.75, 3.05) is 40.9 Å². The lowest BCUT2D eigenvalue weighted by Crippen LogP contribution is -2.45.